The maximum atomic E-state index is 10.2. The first kappa shape index (κ1) is 9.67. The monoisotopic (exact) mass is 214 g/mol. The highest BCUT2D eigenvalue weighted by Gasteiger charge is 2.30. The molecule has 2 nitrogen and oxygen atoms in total. The van der Waals surface area contributed by atoms with Crippen molar-refractivity contribution < 1.29 is 9.52 Å². The highest BCUT2D eigenvalue weighted by molar-refractivity contribution is 5.35. The summed E-state index contributed by atoms with van der Waals surface area (Å²) in [4.78, 5) is 0. The van der Waals surface area contributed by atoms with Gasteiger partial charge in [-0.25, -0.2) is 0 Å². The highest BCUT2D eigenvalue weighted by atomic mass is 16.3. The summed E-state index contributed by atoms with van der Waals surface area (Å²) in [5.74, 6) is 0.287. The molecule has 2 aromatic rings. The number of rotatable bonds is 2. The second-order valence-corrected chi connectivity index (χ2v) is 4.44. The van der Waals surface area contributed by atoms with Crippen LogP contribution >= 0.6 is 0 Å². The second-order valence-electron chi connectivity index (χ2n) is 4.44. The molecule has 1 aliphatic carbocycles. The fraction of sp³-hybridized carbons (Fsp3) is 0.286. The molecule has 2 unspecified atom stereocenters. The third-order valence-electron chi connectivity index (χ3n) is 3.38. The Morgan fingerprint density at radius 1 is 1.25 bits per heavy atom. The van der Waals surface area contributed by atoms with E-state index in [0.717, 1.165) is 24.0 Å². The molecule has 1 aromatic carbocycles. The summed E-state index contributed by atoms with van der Waals surface area (Å²) in [5.41, 5.74) is 3.54. The summed E-state index contributed by atoms with van der Waals surface area (Å²) in [7, 11) is 0. The molecule has 2 heteroatoms. The van der Waals surface area contributed by atoms with Crippen molar-refractivity contribution in [1.29, 1.82) is 0 Å². The zero-order valence-electron chi connectivity index (χ0n) is 8.97. The molecular formula is C14H14O2. The molecule has 0 radical (unpaired) electrons. The molecule has 0 saturated carbocycles. The van der Waals surface area contributed by atoms with Gasteiger partial charge in [0.1, 0.15) is 0 Å². The lowest BCUT2D eigenvalue weighted by Crippen LogP contribution is -2.09. The van der Waals surface area contributed by atoms with E-state index < -0.39 is 0 Å². The minimum atomic E-state index is -0.328. The van der Waals surface area contributed by atoms with Gasteiger partial charge in [-0.15, -0.1) is 0 Å². The third-order valence-corrected chi connectivity index (χ3v) is 3.38. The zero-order valence-corrected chi connectivity index (χ0v) is 8.97. The second kappa shape index (κ2) is 3.80. The van der Waals surface area contributed by atoms with E-state index in [9.17, 15) is 5.11 Å². The number of fused-ring (bicyclic) bond motifs is 1. The van der Waals surface area contributed by atoms with Crippen molar-refractivity contribution >= 4 is 0 Å². The standard InChI is InChI=1S/C14H14O2/c15-14-12(7-10-5-6-16-9-10)8-11-3-1-2-4-13(11)14/h1-6,9,12,14-15H,7-8H2. The Hall–Kier alpha value is -1.54. The van der Waals surface area contributed by atoms with Crippen molar-refractivity contribution in [1.82, 2.24) is 0 Å². The summed E-state index contributed by atoms with van der Waals surface area (Å²) < 4.78 is 5.06. The highest BCUT2D eigenvalue weighted by Crippen LogP contribution is 2.37. The lowest BCUT2D eigenvalue weighted by molar-refractivity contribution is 0.123. The summed E-state index contributed by atoms with van der Waals surface area (Å²) in [6.07, 6.45) is 4.96. The molecule has 1 heterocycles. The van der Waals surface area contributed by atoms with Gasteiger partial charge in [-0.1, -0.05) is 24.3 Å². The average Bonchev–Trinajstić information content (AvgIpc) is 2.90. The smallest absolute Gasteiger partial charge is 0.0934 e. The van der Waals surface area contributed by atoms with Gasteiger partial charge in [0.05, 0.1) is 18.6 Å². The first-order valence-electron chi connectivity index (χ1n) is 5.61. The van der Waals surface area contributed by atoms with Crippen molar-refractivity contribution in [3.8, 4) is 0 Å². The minimum absolute atomic E-state index is 0.287. The maximum Gasteiger partial charge on any atom is 0.0934 e. The Balaban J connectivity index is 1.82. The Labute approximate surface area is 94.5 Å². The van der Waals surface area contributed by atoms with Crippen LogP contribution in [0, 0.1) is 5.92 Å². The topological polar surface area (TPSA) is 33.4 Å². The molecule has 0 fully saturated rings. The first-order valence-corrected chi connectivity index (χ1v) is 5.61. The van der Waals surface area contributed by atoms with Crippen molar-refractivity contribution in [3.63, 3.8) is 0 Å². The van der Waals surface area contributed by atoms with Gasteiger partial charge >= 0.3 is 0 Å². The van der Waals surface area contributed by atoms with Crippen LogP contribution in [-0.2, 0) is 12.8 Å². The zero-order chi connectivity index (χ0) is 11.0. The maximum absolute atomic E-state index is 10.2. The Morgan fingerprint density at radius 2 is 2.12 bits per heavy atom. The van der Waals surface area contributed by atoms with Crippen molar-refractivity contribution in [3.05, 3.63) is 59.5 Å². The van der Waals surface area contributed by atoms with E-state index in [0.29, 0.717) is 0 Å². The molecule has 0 amide bonds. The van der Waals surface area contributed by atoms with Gasteiger partial charge in [-0.3, -0.25) is 0 Å². The Morgan fingerprint density at radius 3 is 2.88 bits per heavy atom. The van der Waals surface area contributed by atoms with E-state index in [4.69, 9.17) is 4.42 Å². The Kier molecular flexibility index (Phi) is 2.29. The molecule has 0 aliphatic heterocycles. The molecule has 16 heavy (non-hydrogen) atoms. The summed E-state index contributed by atoms with van der Waals surface area (Å²) in [6.45, 7) is 0. The number of hydrogen-bond acceptors (Lipinski definition) is 2. The van der Waals surface area contributed by atoms with Gasteiger partial charge in [-0.05, 0) is 41.5 Å². The number of aliphatic hydroxyl groups excluding tert-OH is 1. The van der Waals surface area contributed by atoms with Crippen LogP contribution in [0.2, 0.25) is 0 Å². The van der Waals surface area contributed by atoms with Crippen LogP contribution in [0.5, 0.6) is 0 Å². The molecule has 0 saturated heterocycles. The van der Waals surface area contributed by atoms with E-state index in [1.165, 1.54) is 5.56 Å². The van der Waals surface area contributed by atoms with Crippen LogP contribution < -0.4 is 0 Å². The lowest BCUT2D eigenvalue weighted by Gasteiger charge is -2.13. The molecular weight excluding hydrogens is 200 g/mol. The van der Waals surface area contributed by atoms with E-state index in [1.54, 1.807) is 12.5 Å². The lowest BCUT2D eigenvalue weighted by atomic mass is 9.96. The van der Waals surface area contributed by atoms with Gasteiger partial charge in [0.15, 0.2) is 0 Å². The summed E-state index contributed by atoms with van der Waals surface area (Å²) >= 11 is 0. The van der Waals surface area contributed by atoms with Crippen LogP contribution in [-0.4, -0.2) is 5.11 Å². The van der Waals surface area contributed by atoms with E-state index in [1.807, 2.05) is 24.3 Å². The van der Waals surface area contributed by atoms with Crippen LogP contribution in [0.15, 0.2) is 47.3 Å². The summed E-state index contributed by atoms with van der Waals surface area (Å²) in [6, 6.07) is 10.1. The third kappa shape index (κ3) is 1.55. The number of aliphatic hydroxyl groups is 1. The molecule has 82 valence electrons. The predicted molar refractivity (Wildman–Crippen MR) is 61.0 cm³/mol. The van der Waals surface area contributed by atoms with Crippen LogP contribution in [0.25, 0.3) is 0 Å². The molecule has 2 atom stereocenters. The van der Waals surface area contributed by atoms with E-state index >= 15 is 0 Å². The quantitative estimate of drug-likeness (QED) is 0.833. The minimum Gasteiger partial charge on any atom is -0.472 e. The molecule has 1 N–H and O–H groups in total. The van der Waals surface area contributed by atoms with Gasteiger partial charge < -0.3 is 9.52 Å². The molecule has 1 aliphatic rings. The molecule has 3 rings (SSSR count). The van der Waals surface area contributed by atoms with Crippen molar-refractivity contribution in [2.45, 2.75) is 18.9 Å². The Bertz CT molecular complexity index is 471. The fourth-order valence-corrected chi connectivity index (χ4v) is 2.55. The van der Waals surface area contributed by atoms with E-state index in [-0.39, 0.29) is 12.0 Å². The fourth-order valence-electron chi connectivity index (χ4n) is 2.55. The van der Waals surface area contributed by atoms with Gasteiger partial charge in [0, 0.05) is 0 Å². The average molecular weight is 214 g/mol. The number of hydrogen-bond donors (Lipinski definition) is 1. The number of benzene rings is 1. The largest absolute Gasteiger partial charge is 0.472 e. The molecule has 0 spiro atoms. The van der Waals surface area contributed by atoms with Crippen molar-refractivity contribution in [2.24, 2.45) is 5.92 Å². The van der Waals surface area contributed by atoms with Crippen LogP contribution in [0.1, 0.15) is 22.8 Å². The predicted octanol–water partition coefficient (Wildman–Crippen LogP) is 2.73. The first-order chi connectivity index (χ1) is 7.84. The van der Waals surface area contributed by atoms with Gasteiger partial charge in [0.25, 0.3) is 0 Å². The number of furan rings is 1. The molecule has 1 aromatic heterocycles. The van der Waals surface area contributed by atoms with Crippen molar-refractivity contribution in [2.75, 3.05) is 0 Å². The van der Waals surface area contributed by atoms with Crippen LogP contribution in [0.4, 0.5) is 0 Å². The molecule has 0 bridgehead atoms. The normalized spacial score (nSPS) is 23.3. The SMILES string of the molecule is OC1c2ccccc2CC1Cc1ccoc1. The van der Waals surface area contributed by atoms with Crippen LogP contribution in [0.3, 0.4) is 0 Å². The van der Waals surface area contributed by atoms with Gasteiger partial charge in [0.2, 0.25) is 0 Å². The van der Waals surface area contributed by atoms with Gasteiger partial charge in [-0.2, -0.15) is 0 Å². The van der Waals surface area contributed by atoms with E-state index in [2.05, 4.69) is 6.07 Å². The summed E-state index contributed by atoms with van der Waals surface area (Å²) in [5, 5.41) is 10.2.